The second-order valence-corrected chi connectivity index (χ2v) is 5.79. The van der Waals surface area contributed by atoms with E-state index in [0.717, 1.165) is 45.3 Å². The Morgan fingerprint density at radius 2 is 1.74 bits per heavy atom. The van der Waals surface area contributed by atoms with Crippen LogP contribution in [0.5, 0.6) is 0 Å². The maximum atomic E-state index is 11.7. The Balaban J connectivity index is 1.60. The third-order valence-electron chi connectivity index (χ3n) is 4.30. The summed E-state index contributed by atoms with van der Waals surface area (Å²) in [6, 6.07) is 0.348. The molecule has 0 bridgehead atoms. The Labute approximate surface area is 115 Å². The molecular weight excluding hydrogens is 242 g/mol. The summed E-state index contributed by atoms with van der Waals surface area (Å²) in [5.41, 5.74) is 0. The van der Waals surface area contributed by atoms with Crippen LogP contribution in [-0.2, 0) is 4.79 Å². The van der Waals surface area contributed by atoms with Gasteiger partial charge in [-0.3, -0.25) is 4.79 Å². The second-order valence-electron chi connectivity index (χ2n) is 5.79. The van der Waals surface area contributed by atoms with Crippen molar-refractivity contribution in [1.82, 2.24) is 15.5 Å². The van der Waals surface area contributed by atoms with Crippen LogP contribution in [0, 0.1) is 5.92 Å². The lowest BCUT2D eigenvalue weighted by Gasteiger charge is -2.31. The van der Waals surface area contributed by atoms with E-state index in [1.807, 2.05) is 4.90 Å². The van der Waals surface area contributed by atoms with Crippen LogP contribution in [0.1, 0.15) is 45.4 Å². The highest BCUT2D eigenvalue weighted by Crippen LogP contribution is 2.18. The molecule has 2 fully saturated rings. The number of rotatable bonds is 3. The zero-order valence-corrected chi connectivity index (χ0v) is 11.8. The number of amides is 3. The van der Waals surface area contributed by atoms with E-state index in [1.165, 1.54) is 12.8 Å². The van der Waals surface area contributed by atoms with Gasteiger partial charge in [0.1, 0.15) is 0 Å². The second kappa shape index (κ2) is 6.78. The molecule has 2 N–H and O–H groups in total. The van der Waals surface area contributed by atoms with Crippen LogP contribution in [0.15, 0.2) is 0 Å². The number of urea groups is 1. The van der Waals surface area contributed by atoms with Crippen LogP contribution in [0.25, 0.3) is 0 Å². The number of nitrogens with zero attached hydrogens (tertiary/aromatic N) is 1. The van der Waals surface area contributed by atoms with Crippen molar-refractivity contribution in [3.05, 3.63) is 0 Å². The normalized spacial score (nSPS) is 21.4. The molecule has 1 saturated carbocycles. The van der Waals surface area contributed by atoms with E-state index in [-0.39, 0.29) is 11.9 Å². The molecule has 0 aromatic rings. The van der Waals surface area contributed by atoms with Gasteiger partial charge in [-0.2, -0.15) is 0 Å². The largest absolute Gasteiger partial charge is 0.343 e. The maximum Gasteiger partial charge on any atom is 0.315 e. The van der Waals surface area contributed by atoms with E-state index in [9.17, 15) is 9.59 Å². The molecule has 5 heteroatoms. The quantitative estimate of drug-likeness (QED) is 0.814. The zero-order chi connectivity index (χ0) is 13.7. The number of nitrogens with one attached hydrogen (secondary N) is 2. The predicted molar refractivity (Wildman–Crippen MR) is 73.8 cm³/mol. The number of carbonyl (C=O) groups is 2. The van der Waals surface area contributed by atoms with Gasteiger partial charge >= 0.3 is 6.03 Å². The SMILES string of the molecule is CC(=O)N1CCC(CNC(=O)NC2CCCC2)CC1. The van der Waals surface area contributed by atoms with Gasteiger partial charge in [0.25, 0.3) is 0 Å². The third-order valence-corrected chi connectivity index (χ3v) is 4.30. The zero-order valence-electron chi connectivity index (χ0n) is 11.8. The number of hydrogen-bond acceptors (Lipinski definition) is 2. The highest BCUT2D eigenvalue weighted by atomic mass is 16.2. The first kappa shape index (κ1) is 14.2. The summed E-state index contributed by atoms with van der Waals surface area (Å²) in [6.45, 7) is 4.00. The molecular formula is C14H25N3O2. The van der Waals surface area contributed by atoms with E-state index in [4.69, 9.17) is 0 Å². The number of piperidine rings is 1. The van der Waals surface area contributed by atoms with E-state index in [0.29, 0.717) is 12.0 Å². The summed E-state index contributed by atoms with van der Waals surface area (Å²) in [4.78, 5) is 24.8. The topological polar surface area (TPSA) is 61.4 Å². The van der Waals surface area contributed by atoms with Crippen LogP contribution >= 0.6 is 0 Å². The molecule has 2 rings (SSSR count). The van der Waals surface area contributed by atoms with Crippen molar-refractivity contribution >= 4 is 11.9 Å². The predicted octanol–water partition coefficient (Wildman–Crippen LogP) is 1.49. The van der Waals surface area contributed by atoms with Crippen molar-refractivity contribution < 1.29 is 9.59 Å². The monoisotopic (exact) mass is 267 g/mol. The fraction of sp³-hybridized carbons (Fsp3) is 0.857. The summed E-state index contributed by atoms with van der Waals surface area (Å²) < 4.78 is 0. The van der Waals surface area contributed by atoms with Crippen molar-refractivity contribution in [2.75, 3.05) is 19.6 Å². The Hall–Kier alpha value is -1.26. The van der Waals surface area contributed by atoms with Gasteiger partial charge in [0.15, 0.2) is 0 Å². The first-order valence-electron chi connectivity index (χ1n) is 7.45. The van der Waals surface area contributed by atoms with Crippen molar-refractivity contribution in [3.8, 4) is 0 Å². The summed E-state index contributed by atoms with van der Waals surface area (Å²) in [7, 11) is 0. The first-order valence-corrected chi connectivity index (χ1v) is 7.45. The molecule has 0 spiro atoms. The molecule has 108 valence electrons. The lowest BCUT2D eigenvalue weighted by Crippen LogP contribution is -2.45. The Bertz CT molecular complexity index is 319. The number of carbonyl (C=O) groups excluding carboxylic acids is 2. The van der Waals surface area contributed by atoms with Crippen LogP contribution < -0.4 is 10.6 Å². The van der Waals surface area contributed by atoms with Crippen molar-refractivity contribution in [2.45, 2.75) is 51.5 Å². The molecule has 0 aromatic carbocycles. The number of hydrogen-bond donors (Lipinski definition) is 2. The van der Waals surface area contributed by atoms with E-state index < -0.39 is 0 Å². The van der Waals surface area contributed by atoms with Gasteiger partial charge in [0.05, 0.1) is 0 Å². The van der Waals surface area contributed by atoms with E-state index in [1.54, 1.807) is 6.92 Å². The average Bonchev–Trinajstić information content (AvgIpc) is 2.89. The van der Waals surface area contributed by atoms with Gasteiger partial charge in [-0.15, -0.1) is 0 Å². The molecule has 5 nitrogen and oxygen atoms in total. The molecule has 0 radical (unpaired) electrons. The highest BCUT2D eigenvalue weighted by molar-refractivity contribution is 5.74. The summed E-state index contributed by atoms with van der Waals surface area (Å²) in [6.07, 6.45) is 6.67. The minimum Gasteiger partial charge on any atom is -0.343 e. The molecule has 0 atom stereocenters. The lowest BCUT2D eigenvalue weighted by molar-refractivity contribution is -0.130. The molecule has 3 amide bonds. The fourth-order valence-electron chi connectivity index (χ4n) is 3.00. The van der Waals surface area contributed by atoms with E-state index >= 15 is 0 Å². The Kier molecular flexibility index (Phi) is 5.05. The Morgan fingerprint density at radius 1 is 1.11 bits per heavy atom. The van der Waals surface area contributed by atoms with Crippen LogP contribution in [0.4, 0.5) is 4.79 Å². The molecule has 2 aliphatic rings. The third kappa shape index (κ3) is 4.40. The summed E-state index contributed by atoms with van der Waals surface area (Å²) in [5.74, 6) is 0.662. The van der Waals surface area contributed by atoms with Crippen LogP contribution in [0.3, 0.4) is 0 Å². The fourth-order valence-corrected chi connectivity index (χ4v) is 3.00. The molecule has 1 heterocycles. The lowest BCUT2D eigenvalue weighted by atomic mass is 9.97. The molecule has 0 unspecified atom stereocenters. The molecule has 1 saturated heterocycles. The summed E-state index contributed by atoms with van der Waals surface area (Å²) >= 11 is 0. The van der Waals surface area contributed by atoms with Crippen LogP contribution in [0.2, 0.25) is 0 Å². The van der Waals surface area contributed by atoms with Gasteiger partial charge in [-0.1, -0.05) is 12.8 Å². The van der Waals surface area contributed by atoms with Gasteiger partial charge in [-0.25, -0.2) is 4.79 Å². The minimum atomic E-state index is -0.0269. The molecule has 19 heavy (non-hydrogen) atoms. The molecule has 0 aromatic heterocycles. The average molecular weight is 267 g/mol. The maximum absolute atomic E-state index is 11.7. The van der Waals surface area contributed by atoms with Crippen molar-refractivity contribution in [1.29, 1.82) is 0 Å². The highest BCUT2D eigenvalue weighted by Gasteiger charge is 2.22. The molecule has 1 aliphatic carbocycles. The van der Waals surface area contributed by atoms with E-state index in [2.05, 4.69) is 10.6 Å². The summed E-state index contributed by atoms with van der Waals surface area (Å²) in [5, 5.41) is 6.00. The van der Waals surface area contributed by atoms with Gasteiger partial charge in [0, 0.05) is 32.6 Å². The first-order chi connectivity index (χ1) is 9.15. The van der Waals surface area contributed by atoms with Crippen LogP contribution in [-0.4, -0.2) is 42.5 Å². The van der Waals surface area contributed by atoms with Gasteiger partial charge in [-0.05, 0) is 31.6 Å². The minimum absolute atomic E-state index is 0.0269. The van der Waals surface area contributed by atoms with Crippen molar-refractivity contribution in [3.63, 3.8) is 0 Å². The smallest absolute Gasteiger partial charge is 0.315 e. The van der Waals surface area contributed by atoms with Gasteiger partial charge in [0.2, 0.25) is 5.91 Å². The van der Waals surface area contributed by atoms with Gasteiger partial charge < -0.3 is 15.5 Å². The number of likely N-dealkylation sites (tertiary alicyclic amines) is 1. The standard InChI is InChI=1S/C14H25N3O2/c1-11(18)17-8-6-12(7-9-17)10-15-14(19)16-13-4-2-3-5-13/h12-13H,2-10H2,1H3,(H2,15,16,19). The Morgan fingerprint density at radius 3 is 2.32 bits per heavy atom. The molecule has 1 aliphatic heterocycles. The van der Waals surface area contributed by atoms with Crippen molar-refractivity contribution in [2.24, 2.45) is 5.92 Å².